The van der Waals surface area contributed by atoms with Crippen LogP contribution < -0.4 is 5.73 Å². The molecule has 0 heterocycles. The highest BCUT2D eigenvalue weighted by atomic mass is 19.4. The molecule has 0 saturated carbocycles. The van der Waals surface area contributed by atoms with E-state index in [-0.39, 0.29) is 5.56 Å². The minimum Gasteiger partial charge on any atom is -0.314 e. The third kappa shape index (κ3) is 2.28. The Morgan fingerprint density at radius 1 is 1.33 bits per heavy atom. The van der Waals surface area contributed by atoms with Crippen LogP contribution in [0.4, 0.5) is 17.6 Å². The molecular formula is C10H7F4N. The van der Waals surface area contributed by atoms with E-state index in [1.54, 1.807) is 0 Å². The van der Waals surface area contributed by atoms with E-state index < -0.39 is 23.6 Å². The molecule has 0 unspecified atom stereocenters. The fourth-order valence-electron chi connectivity index (χ4n) is 1.10. The summed E-state index contributed by atoms with van der Waals surface area (Å²) in [7, 11) is 0. The summed E-state index contributed by atoms with van der Waals surface area (Å²) in [5.74, 6) is 0.564. The molecule has 0 aliphatic rings. The molecule has 1 aromatic carbocycles. The predicted octanol–water partition coefficient (Wildman–Crippen LogP) is 2.48. The van der Waals surface area contributed by atoms with Crippen molar-refractivity contribution in [2.24, 2.45) is 5.73 Å². The molecule has 0 aromatic heterocycles. The Morgan fingerprint density at radius 2 is 1.93 bits per heavy atom. The number of terminal acetylenes is 1. The van der Waals surface area contributed by atoms with Gasteiger partial charge in [0.1, 0.15) is 5.82 Å². The second-order valence-corrected chi connectivity index (χ2v) is 2.85. The third-order valence-electron chi connectivity index (χ3n) is 1.85. The summed E-state index contributed by atoms with van der Waals surface area (Å²) >= 11 is 0. The SMILES string of the molecule is C#C[C@@H](N)c1cccc(C(F)(F)F)c1F. The van der Waals surface area contributed by atoms with E-state index in [0.29, 0.717) is 6.07 Å². The molecule has 1 atom stereocenters. The lowest BCUT2D eigenvalue weighted by atomic mass is 10.0. The normalized spacial score (nSPS) is 13.3. The van der Waals surface area contributed by atoms with E-state index in [1.807, 2.05) is 5.92 Å². The highest BCUT2D eigenvalue weighted by Crippen LogP contribution is 2.33. The number of hydrogen-bond donors (Lipinski definition) is 1. The van der Waals surface area contributed by atoms with Gasteiger partial charge in [-0.15, -0.1) is 6.42 Å². The maximum absolute atomic E-state index is 13.3. The van der Waals surface area contributed by atoms with Gasteiger partial charge in [-0.3, -0.25) is 0 Å². The molecule has 0 amide bonds. The Morgan fingerprint density at radius 3 is 2.40 bits per heavy atom. The lowest BCUT2D eigenvalue weighted by Gasteiger charge is -2.12. The molecule has 0 aliphatic heterocycles. The van der Waals surface area contributed by atoms with Crippen molar-refractivity contribution >= 4 is 0 Å². The van der Waals surface area contributed by atoms with Gasteiger partial charge < -0.3 is 5.73 Å². The van der Waals surface area contributed by atoms with Crippen molar-refractivity contribution in [3.8, 4) is 12.3 Å². The molecule has 15 heavy (non-hydrogen) atoms. The number of rotatable bonds is 1. The molecule has 0 bridgehead atoms. The van der Waals surface area contributed by atoms with Gasteiger partial charge in [-0.05, 0) is 6.07 Å². The van der Waals surface area contributed by atoms with Crippen molar-refractivity contribution in [2.75, 3.05) is 0 Å². The minimum absolute atomic E-state index is 0.327. The molecule has 80 valence electrons. The zero-order valence-corrected chi connectivity index (χ0v) is 7.48. The smallest absolute Gasteiger partial charge is 0.314 e. The zero-order valence-electron chi connectivity index (χ0n) is 7.48. The van der Waals surface area contributed by atoms with Crippen molar-refractivity contribution in [1.29, 1.82) is 0 Å². The maximum Gasteiger partial charge on any atom is 0.419 e. The van der Waals surface area contributed by atoms with Gasteiger partial charge in [0.25, 0.3) is 0 Å². The number of halogens is 4. The summed E-state index contributed by atoms with van der Waals surface area (Å²) in [4.78, 5) is 0. The van der Waals surface area contributed by atoms with Crippen LogP contribution in [0.3, 0.4) is 0 Å². The van der Waals surface area contributed by atoms with Gasteiger partial charge in [-0.1, -0.05) is 18.1 Å². The minimum atomic E-state index is -4.74. The first-order valence-electron chi connectivity index (χ1n) is 3.95. The van der Waals surface area contributed by atoms with Crippen LogP contribution in [-0.2, 0) is 6.18 Å². The van der Waals surface area contributed by atoms with Crippen molar-refractivity contribution < 1.29 is 17.6 Å². The van der Waals surface area contributed by atoms with Crippen LogP contribution in [0.5, 0.6) is 0 Å². The highest BCUT2D eigenvalue weighted by Gasteiger charge is 2.35. The molecule has 0 radical (unpaired) electrons. The molecule has 1 rings (SSSR count). The third-order valence-corrected chi connectivity index (χ3v) is 1.85. The molecule has 0 saturated heterocycles. The Kier molecular flexibility index (Phi) is 3.01. The Bertz CT molecular complexity index is 403. The van der Waals surface area contributed by atoms with E-state index in [0.717, 1.165) is 12.1 Å². The fraction of sp³-hybridized carbons (Fsp3) is 0.200. The summed E-state index contributed by atoms with van der Waals surface area (Å²) in [6, 6.07) is 1.67. The van der Waals surface area contributed by atoms with E-state index in [2.05, 4.69) is 0 Å². The average Bonchev–Trinajstić information content (AvgIpc) is 2.15. The van der Waals surface area contributed by atoms with Crippen molar-refractivity contribution in [3.63, 3.8) is 0 Å². The second-order valence-electron chi connectivity index (χ2n) is 2.85. The summed E-state index contributed by atoms with van der Waals surface area (Å²) in [6.45, 7) is 0. The quantitative estimate of drug-likeness (QED) is 0.567. The zero-order chi connectivity index (χ0) is 11.6. The second kappa shape index (κ2) is 3.91. The van der Waals surface area contributed by atoms with E-state index >= 15 is 0 Å². The molecule has 1 aromatic rings. The van der Waals surface area contributed by atoms with Crippen LogP contribution in [0, 0.1) is 18.2 Å². The molecule has 0 fully saturated rings. The summed E-state index contributed by atoms with van der Waals surface area (Å²) in [5, 5.41) is 0. The Labute approximate surface area is 83.9 Å². The van der Waals surface area contributed by atoms with Gasteiger partial charge in [-0.2, -0.15) is 13.2 Å². The molecule has 0 aliphatic carbocycles. The van der Waals surface area contributed by atoms with Gasteiger partial charge in [0.05, 0.1) is 11.6 Å². The summed E-state index contributed by atoms with van der Waals surface area (Å²) < 4.78 is 50.1. The topological polar surface area (TPSA) is 26.0 Å². The number of nitrogens with two attached hydrogens (primary N) is 1. The van der Waals surface area contributed by atoms with Gasteiger partial charge >= 0.3 is 6.18 Å². The van der Waals surface area contributed by atoms with Crippen LogP contribution in [0.25, 0.3) is 0 Å². The molecular weight excluding hydrogens is 210 g/mol. The van der Waals surface area contributed by atoms with Crippen LogP contribution in [0.15, 0.2) is 18.2 Å². The summed E-state index contributed by atoms with van der Waals surface area (Å²) in [5.41, 5.74) is 3.58. The molecule has 2 N–H and O–H groups in total. The standard InChI is InChI=1S/C10H7F4N/c1-2-8(15)6-4-3-5-7(9(6)11)10(12,13)14/h1,3-5,8H,15H2/t8-/m1/s1. The Hall–Kier alpha value is -1.54. The lowest BCUT2D eigenvalue weighted by Crippen LogP contribution is -2.15. The van der Waals surface area contributed by atoms with Crippen LogP contribution >= 0.6 is 0 Å². The van der Waals surface area contributed by atoms with Crippen molar-refractivity contribution in [3.05, 3.63) is 35.1 Å². The van der Waals surface area contributed by atoms with Gasteiger partial charge in [-0.25, -0.2) is 4.39 Å². The average molecular weight is 217 g/mol. The van der Waals surface area contributed by atoms with Gasteiger partial charge in [0, 0.05) is 5.56 Å². The van der Waals surface area contributed by atoms with Crippen LogP contribution in [-0.4, -0.2) is 0 Å². The first kappa shape index (κ1) is 11.5. The maximum atomic E-state index is 13.3. The first-order chi connectivity index (χ1) is 6.88. The largest absolute Gasteiger partial charge is 0.419 e. The van der Waals surface area contributed by atoms with Gasteiger partial charge in [0.15, 0.2) is 0 Å². The van der Waals surface area contributed by atoms with Crippen LogP contribution in [0.1, 0.15) is 17.2 Å². The fourth-order valence-corrected chi connectivity index (χ4v) is 1.10. The van der Waals surface area contributed by atoms with Crippen LogP contribution in [0.2, 0.25) is 0 Å². The van der Waals surface area contributed by atoms with E-state index in [4.69, 9.17) is 12.2 Å². The predicted molar refractivity (Wildman–Crippen MR) is 47.2 cm³/mol. The van der Waals surface area contributed by atoms with Gasteiger partial charge in [0.2, 0.25) is 0 Å². The number of benzene rings is 1. The molecule has 0 spiro atoms. The molecule has 5 heteroatoms. The van der Waals surface area contributed by atoms with Crippen molar-refractivity contribution in [2.45, 2.75) is 12.2 Å². The molecule has 1 nitrogen and oxygen atoms in total. The number of alkyl halides is 3. The number of hydrogen-bond acceptors (Lipinski definition) is 1. The van der Waals surface area contributed by atoms with Crippen molar-refractivity contribution in [1.82, 2.24) is 0 Å². The lowest BCUT2D eigenvalue weighted by molar-refractivity contribution is -0.140. The van der Waals surface area contributed by atoms with E-state index in [1.165, 1.54) is 0 Å². The Balaban J connectivity index is 3.31. The first-order valence-corrected chi connectivity index (χ1v) is 3.95. The summed E-state index contributed by atoms with van der Waals surface area (Å²) in [6.07, 6.45) is 0.168. The monoisotopic (exact) mass is 217 g/mol. The van der Waals surface area contributed by atoms with E-state index in [9.17, 15) is 17.6 Å². The highest BCUT2D eigenvalue weighted by molar-refractivity contribution is 5.33.